The molecule has 7 heteroatoms. The maximum atomic E-state index is 13.0. The summed E-state index contributed by atoms with van der Waals surface area (Å²) in [5.74, 6) is -0.659. The highest BCUT2D eigenvalue weighted by atomic mass is 16.7. The van der Waals surface area contributed by atoms with Crippen molar-refractivity contribution in [3.8, 4) is 5.75 Å². The number of phenols is 1. The van der Waals surface area contributed by atoms with Crippen molar-refractivity contribution < 1.29 is 34.0 Å². The maximum absolute atomic E-state index is 13.0. The van der Waals surface area contributed by atoms with E-state index in [2.05, 4.69) is 39.8 Å². The summed E-state index contributed by atoms with van der Waals surface area (Å²) in [5.41, 5.74) is 1.04. The van der Waals surface area contributed by atoms with Crippen LogP contribution in [0.2, 0.25) is 0 Å². The highest BCUT2D eigenvalue weighted by Crippen LogP contribution is 2.53. The zero-order chi connectivity index (χ0) is 28.5. The number of aliphatic hydroxyl groups excluding tert-OH is 1. The SMILES string of the molecule is C[C@@H]1[C@@H]([C@@H](C)CCCc2cccc3cc(O)ccc23)O[C@]23C[C@@H]1OC(=O)C[C@H](CO)OCC[C@@H](CCC2(C)C)O3. The predicted molar refractivity (Wildman–Crippen MR) is 153 cm³/mol. The molecular weight excluding hydrogens is 508 g/mol. The Kier molecular flexibility index (Phi) is 8.77. The van der Waals surface area contributed by atoms with Crippen LogP contribution in [0.15, 0.2) is 36.4 Å². The number of benzene rings is 2. The van der Waals surface area contributed by atoms with E-state index in [-0.39, 0.29) is 60.3 Å². The van der Waals surface area contributed by atoms with Crippen molar-refractivity contribution in [1.29, 1.82) is 0 Å². The molecule has 3 fully saturated rings. The number of aryl methyl sites for hydroxylation is 1. The lowest BCUT2D eigenvalue weighted by Crippen LogP contribution is -2.64. The van der Waals surface area contributed by atoms with E-state index >= 15 is 0 Å². The van der Waals surface area contributed by atoms with Crippen LogP contribution >= 0.6 is 0 Å². The van der Waals surface area contributed by atoms with Gasteiger partial charge in [0.15, 0.2) is 5.79 Å². The quantitative estimate of drug-likeness (QED) is 0.429. The van der Waals surface area contributed by atoms with Crippen LogP contribution in [0.1, 0.15) is 78.2 Å². The Morgan fingerprint density at radius 3 is 2.75 bits per heavy atom. The lowest BCUT2D eigenvalue weighted by Gasteiger charge is -2.58. The molecule has 7 atom stereocenters. The lowest BCUT2D eigenvalue weighted by atomic mass is 9.69. The van der Waals surface area contributed by atoms with Crippen molar-refractivity contribution in [3.05, 3.63) is 42.0 Å². The zero-order valence-corrected chi connectivity index (χ0v) is 24.4. The molecule has 0 aliphatic carbocycles. The molecule has 5 rings (SSSR count). The number of fused-ring (bicyclic) bond motifs is 3. The second kappa shape index (κ2) is 12.0. The van der Waals surface area contributed by atoms with Gasteiger partial charge in [-0.1, -0.05) is 52.0 Å². The first-order valence-electron chi connectivity index (χ1n) is 15.1. The van der Waals surface area contributed by atoms with Gasteiger partial charge in [-0.25, -0.2) is 0 Å². The van der Waals surface area contributed by atoms with Crippen LogP contribution in [-0.2, 0) is 30.2 Å². The van der Waals surface area contributed by atoms with Crippen molar-refractivity contribution in [1.82, 2.24) is 0 Å². The van der Waals surface area contributed by atoms with Crippen LogP contribution in [0, 0.1) is 17.3 Å². The van der Waals surface area contributed by atoms with Crippen LogP contribution < -0.4 is 0 Å². The second-order valence-electron chi connectivity index (χ2n) is 12.9. The summed E-state index contributed by atoms with van der Waals surface area (Å²) in [4.78, 5) is 13.0. The summed E-state index contributed by atoms with van der Waals surface area (Å²) in [6.07, 6.45) is 5.02. The predicted octanol–water partition coefficient (Wildman–Crippen LogP) is 5.91. The average molecular weight is 555 g/mol. The molecular formula is C33H46O7. The van der Waals surface area contributed by atoms with E-state index < -0.39 is 11.9 Å². The normalized spacial score (nSPS) is 33.4. The molecule has 220 valence electrons. The molecule has 0 radical (unpaired) electrons. The fraction of sp³-hybridized carbons (Fsp3) is 0.667. The number of aliphatic hydroxyl groups is 1. The van der Waals surface area contributed by atoms with Crippen molar-refractivity contribution >= 4 is 16.7 Å². The van der Waals surface area contributed by atoms with Gasteiger partial charge in [-0.05, 0) is 72.9 Å². The Morgan fingerprint density at radius 1 is 1.12 bits per heavy atom. The summed E-state index contributed by atoms with van der Waals surface area (Å²) in [5, 5.41) is 21.8. The number of esters is 1. The molecule has 2 aromatic rings. The van der Waals surface area contributed by atoms with E-state index in [1.54, 1.807) is 6.07 Å². The third-order valence-electron chi connectivity index (χ3n) is 9.68. The van der Waals surface area contributed by atoms with Crippen LogP contribution in [0.4, 0.5) is 0 Å². The van der Waals surface area contributed by atoms with Gasteiger partial charge >= 0.3 is 5.97 Å². The Hall–Kier alpha value is -2.19. The molecule has 7 nitrogen and oxygen atoms in total. The average Bonchev–Trinajstić information content (AvgIpc) is 2.91. The van der Waals surface area contributed by atoms with Crippen LogP contribution in [-0.4, -0.2) is 59.6 Å². The van der Waals surface area contributed by atoms with E-state index in [0.29, 0.717) is 19.4 Å². The molecule has 3 aliphatic heterocycles. The van der Waals surface area contributed by atoms with Gasteiger partial charge < -0.3 is 29.2 Å². The fourth-order valence-electron chi connectivity index (χ4n) is 7.02. The van der Waals surface area contributed by atoms with E-state index in [1.165, 1.54) is 10.9 Å². The molecule has 0 aromatic heterocycles. The first-order chi connectivity index (χ1) is 19.1. The number of ether oxygens (including phenoxy) is 4. The molecule has 40 heavy (non-hydrogen) atoms. The summed E-state index contributed by atoms with van der Waals surface area (Å²) < 4.78 is 25.8. The highest BCUT2D eigenvalue weighted by molar-refractivity contribution is 5.86. The monoisotopic (exact) mass is 554 g/mol. The Bertz CT molecular complexity index is 1180. The van der Waals surface area contributed by atoms with Gasteiger partial charge in [0.1, 0.15) is 11.9 Å². The topological polar surface area (TPSA) is 94.5 Å². The number of hydrogen-bond acceptors (Lipinski definition) is 7. The Labute approximate surface area is 238 Å². The molecule has 0 amide bonds. The second-order valence-corrected chi connectivity index (χ2v) is 12.9. The number of rotatable bonds is 6. The van der Waals surface area contributed by atoms with Crippen LogP contribution in [0.5, 0.6) is 5.75 Å². The molecule has 0 unspecified atom stereocenters. The zero-order valence-electron chi connectivity index (χ0n) is 24.4. The first-order valence-corrected chi connectivity index (χ1v) is 15.1. The molecule has 1 spiro atoms. The first kappa shape index (κ1) is 29.3. The number of phenolic OH excluding ortho intramolecular Hbond substituents is 1. The molecule has 3 saturated heterocycles. The molecule has 2 N–H and O–H groups in total. The van der Waals surface area contributed by atoms with Gasteiger partial charge in [-0.15, -0.1) is 0 Å². The largest absolute Gasteiger partial charge is 0.508 e. The number of hydrogen-bond donors (Lipinski definition) is 2. The van der Waals surface area contributed by atoms with Gasteiger partial charge in [0, 0.05) is 24.4 Å². The van der Waals surface area contributed by atoms with Crippen molar-refractivity contribution in [3.63, 3.8) is 0 Å². The van der Waals surface area contributed by atoms with Crippen molar-refractivity contribution in [2.45, 2.75) is 109 Å². The van der Waals surface area contributed by atoms with E-state index in [1.807, 2.05) is 18.2 Å². The summed E-state index contributed by atoms with van der Waals surface area (Å²) in [6.45, 7) is 9.00. The minimum atomic E-state index is -0.834. The Morgan fingerprint density at radius 2 is 1.95 bits per heavy atom. The highest BCUT2D eigenvalue weighted by Gasteiger charge is 2.59. The van der Waals surface area contributed by atoms with Gasteiger partial charge in [-0.2, -0.15) is 0 Å². The molecule has 0 saturated carbocycles. The van der Waals surface area contributed by atoms with E-state index in [4.69, 9.17) is 18.9 Å². The summed E-state index contributed by atoms with van der Waals surface area (Å²) in [7, 11) is 0. The van der Waals surface area contributed by atoms with Gasteiger partial charge in [0.25, 0.3) is 0 Å². The molecule has 3 heterocycles. The van der Waals surface area contributed by atoms with Gasteiger partial charge in [0.05, 0.1) is 31.3 Å². The van der Waals surface area contributed by atoms with Crippen LogP contribution in [0.25, 0.3) is 10.8 Å². The minimum absolute atomic E-state index is 0.00122. The molecule has 2 aromatic carbocycles. The minimum Gasteiger partial charge on any atom is -0.508 e. The number of carbonyl (C=O) groups is 1. The summed E-state index contributed by atoms with van der Waals surface area (Å²) >= 11 is 0. The Balaban J connectivity index is 1.35. The van der Waals surface area contributed by atoms with E-state index in [9.17, 15) is 15.0 Å². The smallest absolute Gasteiger partial charge is 0.308 e. The van der Waals surface area contributed by atoms with Gasteiger partial charge in [0.2, 0.25) is 0 Å². The van der Waals surface area contributed by atoms with Crippen molar-refractivity contribution in [2.24, 2.45) is 17.3 Å². The van der Waals surface area contributed by atoms with Crippen molar-refractivity contribution in [2.75, 3.05) is 13.2 Å². The third kappa shape index (κ3) is 6.03. The third-order valence-corrected chi connectivity index (χ3v) is 9.68. The van der Waals surface area contributed by atoms with E-state index in [0.717, 1.165) is 37.5 Å². The number of carbonyl (C=O) groups excluding carboxylic acids is 1. The fourth-order valence-corrected chi connectivity index (χ4v) is 7.02. The lowest BCUT2D eigenvalue weighted by molar-refractivity contribution is -0.387. The standard InChI is InChI=1S/C33H46O7/c1-21(7-5-8-23-9-6-10-24-17-25(35)11-12-28(23)24)31-22(2)29-19-33(40-31)32(3,4)15-13-26(39-33)14-16-37-27(20-34)18-30(36)38-29/h6,9-12,17,21-22,26-27,29,31,34-35H,5,7-8,13-16,18-20H2,1-4H3/t21-,22-,26+,27+,29-,31+,33+/m0/s1. The molecule has 3 aliphatic rings. The number of aromatic hydroxyl groups is 1. The van der Waals surface area contributed by atoms with Gasteiger partial charge in [-0.3, -0.25) is 4.79 Å². The summed E-state index contributed by atoms with van der Waals surface area (Å²) in [6, 6.07) is 11.8. The van der Waals surface area contributed by atoms with Crippen LogP contribution in [0.3, 0.4) is 0 Å². The maximum Gasteiger partial charge on any atom is 0.308 e. The molecule has 3 bridgehead atoms.